The van der Waals surface area contributed by atoms with E-state index in [1.54, 1.807) is 6.07 Å². The van der Waals surface area contributed by atoms with Gasteiger partial charge in [0.15, 0.2) is 0 Å². The molecular weight excluding hydrogens is 244 g/mol. The van der Waals surface area contributed by atoms with Gasteiger partial charge in [-0.2, -0.15) is 0 Å². The molecule has 0 radical (unpaired) electrons. The minimum absolute atomic E-state index is 0.220. The van der Waals surface area contributed by atoms with Gasteiger partial charge in [-0.3, -0.25) is 0 Å². The molecule has 0 fully saturated rings. The van der Waals surface area contributed by atoms with E-state index >= 15 is 0 Å². The Hall–Kier alpha value is -0.320. The highest BCUT2D eigenvalue weighted by molar-refractivity contribution is 14.1. The lowest BCUT2D eigenvalue weighted by Gasteiger charge is -1.99. The molecule has 3 heteroatoms. The molecule has 1 rings (SSSR count). The van der Waals surface area contributed by atoms with Crippen LogP contribution in [0, 0.1) is 16.3 Å². The van der Waals surface area contributed by atoms with Crippen LogP contribution in [0.4, 0.5) is 10.1 Å². The zero-order valence-corrected chi connectivity index (χ0v) is 7.65. The van der Waals surface area contributed by atoms with Gasteiger partial charge in [-0.05, 0) is 47.2 Å². The number of rotatable bonds is 0. The second-order valence-corrected chi connectivity index (χ2v) is 3.29. The molecule has 0 aliphatic rings. The molecule has 0 saturated heterocycles. The SMILES string of the molecule is Cc1cc(N)c(F)cc1I. The van der Waals surface area contributed by atoms with Crippen LogP contribution in [0.25, 0.3) is 0 Å². The second-order valence-electron chi connectivity index (χ2n) is 2.12. The number of hydrogen-bond acceptors (Lipinski definition) is 1. The third-order valence-electron chi connectivity index (χ3n) is 1.28. The van der Waals surface area contributed by atoms with E-state index in [0.29, 0.717) is 0 Å². The summed E-state index contributed by atoms with van der Waals surface area (Å²) < 4.78 is 13.5. The maximum atomic E-state index is 12.6. The third kappa shape index (κ3) is 1.39. The molecular formula is C7H7FIN. The fourth-order valence-corrected chi connectivity index (χ4v) is 1.11. The molecule has 0 spiro atoms. The first-order valence-electron chi connectivity index (χ1n) is 2.82. The molecule has 1 aromatic carbocycles. The van der Waals surface area contributed by atoms with Crippen molar-refractivity contribution in [3.8, 4) is 0 Å². The van der Waals surface area contributed by atoms with Crippen molar-refractivity contribution in [3.63, 3.8) is 0 Å². The summed E-state index contributed by atoms with van der Waals surface area (Å²) in [5.74, 6) is -0.338. The van der Waals surface area contributed by atoms with Crippen LogP contribution in [0.15, 0.2) is 12.1 Å². The van der Waals surface area contributed by atoms with E-state index in [1.807, 2.05) is 6.92 Å². The van der Waals surface area contributed by atoms with E-state index in [1.165, 1.54) is 6.07 Å². The van der Waals surface area contributed by atoms with Crippen LogP contribution in [0.3, 0.4) is 0 Å². The zero-order valence-electron chi connectivity index (χ0n) is 5.49. The van der Waals surface area contributed by atoms with Crippen molar-refractivity contribution >= 4 is 28.3 Å². The Morgan fingerprint density at radius 2 is 2.10 bits per heavy atom. The number of hydrogen-bond donors (Lipinski definition) is 1. The van der Waals surface area contributed by atoms with Crippen LogP contribution < -0.4 is 5.73 Å². The van der Waals surface area contributed by atoms with E-state index in [-0.39, 0.29) is 11.5 Å². The lowest BCUT2D eigenvalue weighted by Crippen LogP contribution is -1.92. The van der Waals surface area contributed by atoms with Gasteiger partial charge < -0.3 is 5.73 Å². The van der Waals surface area contributed by atoms with Crippen LogP contribution in [-0.2, 0) is 0 Å². The average Bonchev–Trinajstić information content (AvgIpc) is 1.84. The number of nitrogen functional groups attached to an aromatic ring is 1. The molecule has 1 aromatic rings. The van der Waals surface area contributed by atoms with Crippen LogP contribution >= 0.6 is 22.6 Å². The number of anilines is 1. The topological polar surface area (TPSA) is 26.0 Å². The molecule has 0 aliphatic carbocycles. The minimum Gasteiger partial charge on any atom is -0.396 e. The van der Waals surface area contributed by atoms with Crippen molar-refractivity contribution in [1.82, 2.24) is 0 Å². The molecule has 0 amide bonds. The first-order chi connectivity index (χ1) is 4.61. The van der Waals surface area contributed by atoms with Crippen LogP contribution in [0.5, 0.6) is 0 Å². The van der Waals surface area contributed by atoms with Crippen molar-refractivity contribution in [3.05, 3.63) is 27.1 Å². The first-order valence-corrected chi connectivity index (χ1v) is 3.90. The number of halogens is 2. The normalized spacial score (nSPS) is 9.90. The van der Waals surface area contributed by atoms with E-state index in [0.717, 1.165) is 9.13 Å². The molecule has 0 saturated carbocycles. The third-order valence-corrected chi connectivity index (χ3v) is 2.44. The van der Waals surface area contributed by atoms with Gasteiger partial charge in [-0.25, -0.2) is 4.39 Å². The van der Waals surface area contributed by atoms with Crippen molar-refractivity contribution in [1.29, 1.82) is 0 Å². The summed E-state index contributed by atoms with van der Waals surface area (Å²) >= 11 is 2.07. The molecule has 0 heterocycles. The minimum atomic E-state index is -0.338. The van der Waals surface area contributed by atoms with Gasteiger partial charge in [0.25, 0.3) is 0 Å². The Labute approximate surface area is 72.6 Å². The summed E-state index contributed by atoms with van der Waals surface area (Å²) in [6.45, 7) is 1.90. The highest BCUT2D eigenvalue weighted by atomic mass is 127. The van der Waals surface area contributed by atoms with Crippen LogP contribution in [0.2, 0.25) is 0 Å². The fraction of sp³-hybridized carbons (Fsp3) is 0.143. The van der Waals surface area contributed by atoms with Crippen molar-refractivity contribution in [2.75, 3.05) is 5.73 Å². The molecule has 0 aliphatic heterocycles. The Morgan fingerprint density at radius 3 is 2.60 bits per heavy atom. The summed E-state index contributed by atoms with van der Waals surface area (Å²) in [5, 5.41) is 0. The van der Waals surface area contributed by atoms with E-state index in [4.69, 9.17) is 5.73 Å². The largest absolute Gasteiger partial charge is 0.396 e. The van der Waals surface area contributed by atoms with Gasteiger partial charge >= 0.3 is 0 Å². The molecule has 0 bridgehead atoms. The average molecular weight is 251 g/mol. The molecule has 54 valence electrons. The second kappa shape index (κ2) is 2.74. The maximum Gasteiger partial charge on any atom is 0.147 e. The monoisotopic (exact) mass is 251 g/mol. The Bertz CT molecular complexity index is 210. The number of nitrogens with two attached hydrogens (primary N) is 1. The van der Waals surface area contributed by atoms with E-state index < -0.39 is 0 Å². The predicted octanol–water partition coefficient (Wildman–Crippen LogP) is 2.32. The van der Waals surface area contributed by atoms with Gasteiger partial charge in [0.05, 0.1) is 5.69 Å². The Kier molecular flexibility index (Phi) is 2.13. The molecule has 0 atom stereocenters. The summed E-state index contributed by atoms with van der Waals surface area (Å²) in [7, 11) is 0. The zero-order chi connectivity index (χ0) is 7.72. The number of benzene rings is 1. The maximum absolute atomic E-state index is 12.6. The summed E-state index contributed by atoms with van der Waals surface area (Å²) in [6.07, 6.45) is 0. The predicted molar refractivity (Wildman–Crippen MR) is 48.3 cm³/mol. The van der Waals surface area contributed by atoms with Crippen molar-refractivity contribution in [2.45, 2.75) is 6.92 Å². The fourth-order valence-electron chi connectivity index (χ4n) is 0.680. The molecule has 0 unspecified atom stereocenters. The van der Waals surface area contributed by atoms with Crippen molar-refractivity contribution < 1.29 is 4.39 Å². The molecule has 2 N–H and O–H groups in total. The lowest BCUT2D eigenvalue weighted by atomic mass is 10.2. The quantitative estimate of drug-likeness (QED) is 0.555. The summed E-state index contributed by atoms with van der Waals surface area (Å²) in [4.78, 5) is 0. The smallest absolute Gasteiger partial charge is 0.147 e. The Morgan fingerprint density at radius 1 is 1.50 bits per heavy atom. The van der Waals surface area contributed by atoms with E-state index in [9.17, 15) is 4.39 Å². The number of aryl methyl sites for hydroxylation is 1. The van der Waals surface area contributed by atoms with Crippen LogP contribution in [0.1, 0.15) is 5.56 Å². The van der Waals surface area contributed by atoms with Gasteiger partial charge in [-0.1, -0.05) is 0 Å². The van der Waals surface area contributed by atoms with Gasteiger partial charge in [0, 0.05) is 3.57 Å². The van der Waals surface area contributed by atoms with Gasteiger partial charge in [0.1, 0.15) is 5.82 Å². The standard InChI is InChI=1S/C7H7FIN/c1-4-2-7(10)5(8)3-6(4)9/h2-3H,10H2,1H3. The van der Waals surface area contributed by atoms with Crippen LogP contribution in [-0.4, -0.2) is 0 Å². The molecule has 1 nitrogen and oxygen atoms in total. The van der Waals surface area contributed by atoms with Gasteiger partial charge in [0.2, 0.25) is 0 Å². The van der Waals surface area contributed by atoms with Crippen molar-refractivity contribution in [2.24, 2.45) is 0 Å². The molecule has 0 aromatic heterocycles. The first kappa shape index (κ1) is 7.78. The lowest BCUT2D eigenvalue weighted by molar-refractivity contribution is 0.631. The summed E-state index contributed by atoms with van der Waals surface area (Å²) in [5.41, 5.74) is 6.54. The van der Waals surface area contributed by atoms with E-state index in [2.05, 4.69) is 22.6 Å². The summed E-state index contributed by atoms with van der Waals surface area (Å²) in [6, 6.07) is 3.07. The van der Waals surface area contributed by atoms with Gasteiger partial charge in [-0.15, -0.1) is 0 Å². The highest BCUT2D eigenvalue weighted by Crippen LogP contribution is 2.17. The highest BCUT2D eigenvalue weighted by Gasteiger charge is 2.00. The molecule has 10 heavy (non-hydrogen) atoms. The Balaban J connectivity index is 3.28.